The van der Waals surface area contributed by atoms with E-state index in [0.717, 1.165) is 31.2 Å². The quantitative estimate of drug-likeness (QED) is 0.876. The number of aliphatic hydroxyl groups is 1. The van der Waals surface area contributed by atoms with Crippen LogP contribution < -0.4 is 5.32 Å². The van der Waals surface area contributed by atoms with Crippen molar-refractivity contribution in [1.82, 2.24) is 5.32 Å². The number of carbonyl (C=O) groups excluding carboxylic acids is 1. The standard InChI is InChI=1S/C15H20FNO2/c1-11(10-18)17-14(19)15(7-2-3-8-15)12-5-4-6-13(16)9-12/h4-6,9,11,18H,2-3,7-8,10H2,1H3,(H,17,19). The van der Waals surface area contributed by atoms with Gasteiger partial charge in [0.15, 0.2) is 0 Å². The zero-order valence-corrected chi connectivity index (χ0v) is 11.2. The Hall–Kier alpha value is -1.42. The second-order valence-electron chi connectivity index (χ2n) is 5.36. The normalized spacial score (nSPS) is 19.1. The van der Waals surface area contributed by atoms with E-state index < -0.39 is 5.41 Å². The number of rotatable bonds is 4. The van der Waals surface area contributed by atoms with Crippen molar-refractivity contribution < 1.29 is 14.3 Å². The van der Waals surface area contributed by atoms with Crippen molar-refractivity contribution in [2.75, 3.05) is 6.61 Å². The Morgan fingerprint density at radius 1 is 1.47 bits per heavy atom. The summed E-state index contributed by atoms with van der Waals surface area (Å²) in [5, 5.41) is 11.9. The predicted molar refractivity (Wildman–Crippen MR) is 71.2 cm³/mol. The van der Waals surface area contributed by atoms with Gasteiger partial charge < -0.3 is 10.4 Å². The lowest BCUT2D eigenvalue weighted by Crippen LogP contribution is -2.47. The van der Waals surface area contributed by atoms with Crippen LogP contribution in [-0.2, 0) is 10.2 Å². The van der Waals surface area contributed by atoms with Gasteiger partial charge in [0.25, 0.3) is 0 Å². The topological polar surface area (TPSA) is 49.3 Å². The summed E-state index contributed by atoms with van der Waals surface area (Å²) in [6.07, 6.45) is 3.41. The van der Waals surface area contributed by atoms with Crippen molar-refractivity contribution in [3.8, 4) is 0 Å². The van der Waals surface area contributed by atoms with Crippen molar-refractivity contribution in [2.45, 2.75) is 44.1 Å². The van der Waals surface area contributed by atoms with E-state index >= 15 is 0 Å². The summed E-state index contributed by atoms with van der Waals surface area (Å²) in [5.41, 5.74) is 0.110. The smallest absolute Gasteiger partial charge is 0.230 e. The van der Waals surface area contributed by atoms with Crippen molar-refractivity contribution in [1.29, 1.82) is 0 Å². The first-order chi connectivity index (χ1) is 9.08. The summed E-state index contributed by atoms with van der Waals surface area (Å²) in [6.45, 7) is 1.66. The highest BCUT2D eigenvalue weighted by molar-refractivity contribution is 5.88. The molecule has 3 nitrogen and oxygen atoms in total. The lowest BCUT2D eigenvalue weighted by molar-refractivity contribution is -0.127. The van der Waals surface area contributed by atoms with Crippen LogP contribution >= 0.6 is 0 Å². The molecule has 0 heterocycles. The number of hydrogen-bond donors (Lipinski definition) is 2. The molecule has 4 heteroatoms. The highest BCUT2D eigenvalue weighted by atomic mass is 19.1. The summed E-state index contributed by atoms with van der Waals surface area (Å²) in [4.78, 5) is 12.5. The second-order valence-corrected chi connectivity index (χ2v) is 5.36. The lowest BCUT2D eigenvalue weighted by Gasteiger charge is -2.29. The molecule has 1 aliphatic carbocycles. The van der Waals surface area contributed by atoms with E-state index in [4.69, 9.17) is 5.11 Å². The summed E-state index contributed by atoms with van der Waals surface area (Å²) >= 11 is 0. The maximum atomic E-state index is 13.4. The monoisotopic (exact) mass is 265 g/mol. The third-order valence-corrected chi connectivity index (χ3v) is 3.92. The third kappa shape index (κ3) is 2.78. The van der Waals surface area contributed by atoms with Crippen LogP contribution in [0.1, 0.15) is 38.2 Å². The molecule has 1 aliphatic rings. The minimum atomic E-state index is -0.633. The fourth-order valence-electron chi connectivity index (χ4n) is 2.82. The molecule has 1 aromatic carbocycles. The molecular weight excluding hydrogens is 245 g/mol. The molecular formula is C15H20FNO2. The molecule has 0 aliphatic heterocycles. The number of hydrogen-bond acceptors (Lipinski definition) is 2. The van der Waals surface area contributed by atoms with Crippen LogP contribution in [0.5, 0.6) is 0 Å². The van der Waals surface area contributed by atoms with Gasteiger partial charge in [-0.05, 0) is 37.5 Å². The number of halogens is 1. The van der Waals surface area contributed by atoms with Crippen molar-refractivity contribution in [2.24, 2.45) is 0 Å². The molecule has 104 valence electrons. The van der Waals surface area contributed by atoms with Gasteiger partial charge in [0.05, 0.1) is 12.0 Å². The zero-order valence-electron chi connectivity index (χ0n) is 11.2. The van der Waals surface area contributed by atoms with Crippen LogP contribution in [0.25, 0.3) is 0 Å². The predicted octanol–water partition coefficient (Wildman–Crippen LogP) is 2.13. The molecule has 0 saturated heterocycles. The van der Waals surface area contributed by atoms with Gasteiger partial charge in [-0.15, -0.1) is 0 Å². The van der Waals surface area contributed by atoms with Crippen LogP contribution in [-0.4, -0.2) is 23.7 Å². The Morgan fingerprint density at radius 3 is 2.74 bits per heavy atom. The van der Waals surface area contributed by atoms with Crippen molar-refractivity contribution >= 4 is 5.91 Å². The number of nitrogens with one attached hydrogen (secondary N) is 1. The minimum Gasteiger partial charge on any atom is -0.394 e. The molecule has 0 bridgehead atoms. The maximum Gasteiger partial charge on any atom is 0.230 e. The summed E-state index contributed by atoms with van der Waals surface area (Å²) in [7, 11) is 0. The van der Waals surface area contributed by atoms with E-state index in [9.17, 15) is 9.18 Å². The highest BCUT2D eigenvalue weighted by Crippen LogP contribution is 2.41. The van der Waals surface area contributed by atoms with E-state index in [1.54, 1.807) is 13.0 Å². The fraction of sp³-hybridized carbons (Fsp3) is 0.533. The van der Waals surface area contributed by atoms with Crippen LogP contribution in [0.3, 0.4) is 0 Å². The summed E-state index contributed by atoms with van der Waals surface area (Å²) in [6, 6.07) is 6.03. The van der Waals surface area contributed by atoms with Crippen molar-refractivity contribution in [3.63, 3.8) is 0 Å². The molecule has 0 radical (unpaired) electrons. The maximum absolute atomic E-state index is 13.4. The molecule has 1 aromatic rings. The Morgan fingerprint density at radius 2 is 2.16 bits per heavy atom. The van der Waals surface area contributed by atoms with Gasteiger partial charge >= 0.3 is 0 Å². The van der Waals surface area contributed by atoms with Gasteiger partial charge in [-0.1, -0.05) is 25.0 Å². The molecule has 1 amide bonds. The van der Waals surface area contributed by atoms with Crippen LogP contribution in [0, 0.1) is 5.82 Å². The van der Waals surface area contributed by atoms with Crippen LogP contribution in [0.4, 0.5) is 4.39 Å². The molecule has 0 aromatic heterocycles. The van der Waals surface area contributed by atoms with Crippen LogP contribution in [0.2, 0.25) is 0 Å². The average molecular weight is 265 g/mol. The highest BCUT2D eigenvalue weighted by Gasteiger charge is 2.43. The van der Waals surface area contributed by atoms with E-state index in [-0.39, 0.29) is 24.4 Å². The molecule has 2 N–H and O–H groups in total. The molecule has 1 atom stereocenters. The molecule has 1 saturated carbocycles. The van der Waals surface area contributed by atoms with Crippen LogP contribution in [0.15, 0.2) is 24.3 Å². The first-order valence-electron chi connectivity index (χ1n) is 6.76. The third-order valence-electron chi connectivity index (χ3n) is 3.92. The van der Waals surface area contributed by atoms with E-state index in [1.807, 2.05) is 6.07 Å². The number of aliphatic hydroxyl groups excluding tert-OH is 1. The largest absolute Gasteiger partial charge is 0.394 e. The number of benzene rings is 1. The lowest BCUT2D eigenvalue weighted by atomic mass is 9.78. The fourth-order valence-corrected chi connectivity index (χ4v) is 2.82. The first kappa shape index (κ1) is 14.0. The Kier molecular flexibility index (Phi) is 4.20. The summed E-state index contributed by atoms with van der Waals surface area (Å²) < 4.78 is 13.4. The Balaban J connectivity index is 2.30. The second kappa shape index (κ2) is 5.70. The van der Waals surface area contributed by atoms with Gasteiger partial charge in [-0.2, -0.15) is 0 Å². The Labute approximate surface area is 112 Å². The average Bonchev–Trinajstić information content (AvgIpc) is 2.89. The zero-order chi connectivity index (χ0) is 13.9. The first-order valence-corrected chi connectivity index (χ1v) is 6.76. The summed E-state index contributed by atoms with van der Waals surface area (Å²) in [5.74, 6) is -0.413. The Bertz CT molecular complexity index is 455. The van der Waals surface area contributed by atoms with Gasteiger partial charge in [-0.3, -0.25) is 4.79 Å². The van der Waals surface area contributed by atoms with E-state index in [1.165, 1.54) is 12.1 Å². The van der Waals surface area contributed by atoms with Gasteiger partial charge in [0, 0.05) is 6.04 Å². The van der Waals surface area contributed by atoms with E-state index in [2.05, 4.69) is 5.32 Å². The minimum absolute atomic E-state index is 0.0923. The number of carbonyl (C=O) groups is 1. The van der Waals surface area contributed by atoms with Crippen molar-refractivity contribution in [3.05, 3.63) is 35.6 Å². The number of amides is 1. The molecule has 19 heavy (non-hydrogen) atoms. The molecule has 2 rings (SSSR count). The molecule has 1 fully saturated rings. The molecule has 1 unspecified atom stereocenters. The van der Waals surface area contributed by atoms with E-state index in [0.29, 0.717) is 0 Å². The van der Waals surface area contributed by atoms with Gasteiger partial charge in [0.2, 0.25) is 5.91 Å². The van der Waals surface area contributed by atoms with Gasteiger partial charge in [-0.25, -0.2) is 4.39 Å². The van der Waals surface area contributed by atoms with Gasteiger partial charge in [0.1, 0.15) is 5.82 Å². The molecule has 0 spiro atoms. The SMILES string of the molecule is CC(CO)NC(=O)C1(c2cccc(F)c2)CCCC1.